The van der Waals surface area contributed by atoms with Gasteiger partial charge in [-0.3, -0.25) is 19.7 Å². The van der Waals surface area contributed by atoms with Gasteiger partial charge in [0.15, 0.2) is 0 Å². The zero-order valence-corrected chi connectivity index (χ0v) is 14.9. The van der Waals surface area contributed by atoms with Crippen molar-refractivity contribution in [1.29, 1.82) is 0 Å². The topological polar surface area (TPSA) is 90.5 Å². The Hall–Kier alpha value is -2.25. The monoisotopic (exact) mass is 356 g/mol. The molecule has 1 aromatic rings. The van der Waals surface area contributed by atoms with Crippen LogP contribution in [0.15, 0.2) is 18.2 Å². The molecule has 3 aliphatic heterocycles. The highest BCUT2D eigenvalue weighted by Gasteiger charge is 2.39. The van der Waals surface area contributed by atoms with E-state index in [-0.39, 0.29) is 24.1 Å². The van der Waals surface area contributed by atoms with Crippen LogP contribution in [-0.2, 0) is 22.7 Å². The van der Waals surface area contributed by atoms with Crippen molar-refractivity contribution in [3.63, 3.8) is 0 Å². The third kappa shape index (κ3) is 3.12. The van der Waals surface area contributed by atoms with Gasteiger partial charge in [0.05, 0.1) is 0 Å². The number of hydrogen-bond donors (Lipinski definition) is 3. The fourth-order valence-electron chi connectivity index (χ4n) is 4.07. The molecule has 138 valence electrons. The summed E-state index contributed by atoms with van der Waals surface area (Å²) in [5.74, 6) is -0.150. The lowest BCUT2D eigenvalue weighted by Gasteiger charge is -2.29. The Kier molecular flexibility index (Phi) is 4.50. The summed E-state index contributed by atoms with van der Waals surface area (Å²) in [4.78, 5) is 37.7. The van der Waals surface area contributed by atoms with E-state index in [1.165, 1.54) is 0 Å². The summed E-state index contributed by atoms with van der Waals surface area (Å²) in [5, 5.41) is 9.29. The van der Waals surface area contributed by atoms with Crippen LogP contribution >= 0.6 is 0 Å². The lowest BCUT2D eigenvalue weighted by molar-refractivity contribution is -0.136. The Labute approximate surface area is 152 Å². The number of fused-ring (bicyclic) bond motifs is 1. The zero-order valence-electron chi connectivity index (χ0n) is 14.9. The van der Waals surface area contributed by atoms with E-state index in [1.54, 1.807) is 4.90 Å². The minimum atomic E-state index is -0.556. The molecule has 0 aliphatic carbocycles. The molecule has 0 aromatic heterocycles. The van der Waals surface area contributed by atoms with Crippen molar-refractivity contribution in [3.8, 4) is 0 Å². The molecule has 7 nitrogen and oxygen atoms in total. The van der Waals surface area contributed by atoms with Gasteiger partial charge in [0, 0.05) is 37.7 Å². The first-order valence-electron chi connectivity index (χ1n) is 9.23. The normalized spacial score (nSPS) is 28.4. The number of nitrogens with one attached hydrogen (secondary N) is 3. The average molecular weight is 356 g/mol. The average Bonchev–Trinajstić information content (AvgIpc) is 3.16. The number of benzene rings is 1. The molecule has 0 spiro atoms. The van der Waals surface area contributed by atoms with E-state index in [0.29, 0.717) is 30.5 Å². The summed E-state index contributed by atoms with van der Waals surface area (Å²) in [6, 6.07) is 5.80. The van der Waals surface area contributed by atoms with E-state index >= 15 is 0 Å². The lowest BCUT2D eigenvalue weighted by Crippen LogP contribution is -2.52. The number of piperidine rings is 1. The molecular weight excluding hydrogens is 332 g/mol. The lowest BCUT2D eigenvalue weighted by atomic mass is 10.0. The molecule has 3 amide bonds. The molecule has 0 saturated carbocycles. The Bertz CT molecular complexity index is 763. The van der Waals surface area contributed by atoms with Crippen molar-refractivity contribution in [2.45, 2.75) is 44.9 Å². The fraction of sp³-hybridized carbons (Fsp3) is 0.526. The molecule has 26 heavy (non-hydrogen) atoms. The molecule has 7 heteroatoms. The third-order valence-electron chi connectivity index (χ3n) is 5.67. The first kappa shape index (κ1) is 17.2. The summed E-state index contributed by atoms with van der Waals surface area (Å²) in [6.45, 7) is 5.44. The van der Waals surface area contributed by atoms with Gasteiger partial charge in [0.25, 0.3) is 5.91 Å². The van der Waals surface area contributed by atoms with Gasteiger partial charge in [0.1, 0.15) is 6.04 Å². The molecule has 0 radical (unpaired) electrons. The van der Waals surface area contributed by atoms with Gasteiger partial charge in [-0.2, -0.15) is 0 Å². The summed E-state index contributed by atoms with van der Waals surface area (Å²) in [7, 11) is 0. The second-order valence-electron chi connectivity index (χ2n) is 7.51. The van der Waals surface area contributed by atoms with Gasteiger partial charge in [-0.25, -0.2) is 0 Å². The van der Waals surface area contributed by atoms with Crippen LogP contribution in [0.5, 0.6) is 0 Å². The van der Waals surface area contributed by atoms with Crippen LogP contribution in [0, 0.1) is 5.92 Å². The molecule has 1 unspecified atom stereocenters. The second kappa shape index (κ2) is 6.81. The maximum absolute atomic E-state index is 12.7. The summed E-state index contributed by atoms with van der Waals surface area (Å²) >= 11 is 0. The molecule has 1 aromatic carbocycles. The SMILES string of the molecule is C[C@H]1CNC[C@@H]1NCc1ccc2c(c1)CN(C1CCC(=O)NC1=O)C2=O. The van der Waals surface area contributed by atoms with Gasteiger partial charge in [-0.1, -0.05) is 19.1 Å². The predicted molar refractivity (Wildman–Crippen MR) is 95.1 cm³/mol. The van der Waals surface area contributed by atoms with E-state index in [4.69, 9.17) is 0 Å². The van der Waals surface area contributed by atoms with Crippen molar-refractivity contribution in [2.75, 3.05) is 13.1 Å². The first-order valence-corrected chi connectivity index (χ1v) is 9.23. The fourth-order valence-corrected chi connectivity index (χ4v) is 4.07. The van der Waals surface area contributed by atoms with Crippen molar-refractivity contribution >= 4 is 17.7 Å². The Morgan fingerprint density at radius 2 is 2.08 bits per heavy atom. The van der Waals surface area contributed by atoms with E-state index in [2.05, 4.69) is 28.9 Å². The number of nitrogens with zero attached hydrogens (tertiary/aromatic N) is 1. The van der Waals surface area contributed by atoms with Gasteiger partial charge < -0.3 is 15.5 Å². The number of carbonyl (C=O) groups excluding carboxylic acids is 3. The van der Waals surface area contributed by atoms with Crippen LogP contribution in [0.2, 0.25) is 0 Å². The van der Waals surface area contributed by atoms with E-state index in [9.17, 15) is 14.4 Å². The Morgan fingerprint density at radius 1 is 1.23 bits per heavy atom. The van der Waals surface area contributed by atoms with Crippen LogP contribution in [0.25, 0.3) is 0 Å². The summed E-state index contributed by atoms with van der Waals surface area (Å²) in [6.07, 6.45) is 0.671. The number of rotatable bonds is 4. The largest absolute Gasteiger partial charge is 0.322 e. The van der Waals surface area contributed by atoms with Gasteiger partial charge in [0.2, 0.25) is 11.8 Å². The van der Waals surface area contributed by atoms with E-state index < -0.39 is 6.04 Å². The van der Waals surface area contributed by atoms with Crippen LogP contribution in [0.3, 0.4) is 0 Å². The van der Waals surface area contributed by atoms with Crippen molar-refractivity contribution in [3.05, 3.63) is 34.9 Å². The van der Waals surface area contributed by atoms with E-state index in [0.717, 1.165) is 30.8 Å². The zero-order chi connectivity index (χ0) is 18.3. The first-order chi connectivity index (χ1) is 12.5. The van der Waals surface area contributed by atoms with E-state index in [1.807, 2.05) is 12.1 Å². The Balaban J connectivity index is 1.44. The molecule has 2 fully saturated rings. The van der Waals surface area contributed by atoms with Crippen molar-refractivity contribution in [2.24, 2.45) is 5.92 Å². The molecule has 3 heterocycles. The molecule has 2 saturated heterocycles. The summed E-state index contributed by atoms with van der Waals surface area (Å²) < 4.78 is 0. The Morgan fingerprint density at radius 3 is 2.81 bits per heavy atom. The molecular formula is C19H24N4O3. The predicted octanol–water partition coefficient (Wildman–Crippen LogP) is 0.145. The molecule has 4 rings (SSSR count). The van der Waals surface area contributed by atoms with Crippen LogP contribution in [0.4, 0.5) is 0 Å². The minimum absolute atomic E-state index is 0.123. The maximum Gasteiger partial charge on any atom is 0.255 e. The smallest absolute Gasteiger partial charge is 0.255 e. The number of imide groups is 1. The highest BCUT2D eigenvalue weighted by Crippen LogP contribution is 2.28. The third-order valence-corrected chi connectivity index (χ3v) is 5.67. The highest BCUT2D eigenvalue weighted by atomic mass is 16.2. The quantitative estimate of drug-likeness (QED) is 0.668. The molecule has 0 bridgehead atoms. The number of hydrogen-bond acceptors (Lipinski definition) is 5. The molecule has 3 atom stereocenters. The van der Waals surface area contributed by atoms with Gasteiger partial charge in [-0.05, 0) is 36.1 Å². The summed E-state index contributed by atoms with van der Waals surface area (Å²) in [5.41, 5.74) is 2.76. The second-order valence-corrected chi connectivity index (χ2v) is 7.51. The minimum Gasteiger partial charge on any atom is -0.322 e. The highest BCUT2D eigenvalue weighted by molar-refractivity contribution is 6.05. The van der Waals surface area contributed by atoms with Crippen LogP contribution in [-0.4, -0.2) is 47.8 Å². The number of carbonyl (C=O) groups is 3. The van der Waals surface area contributed by atoms with Gasteiger partial charge >= 0.3 is 0 Å². The standard InChI is InChI=1S/C19H24N4O3/c1-11-7-20-9-15(11)21-8-12-2-3-14-13(6-12)10-23(19(14)26)16-4-5-17(24)22-18(16)25/h2-3,6,11,15-16,20-21H,4-5,7-10H2,1H3,(H,22,24,25)/t11-,15-,16?/m0/s1. The van der Waals surface area contributed by atoms with Crippen LogP contribution < -0.4 is 16.0 Å². The molecule has 3 N–H and O–H groups in total. The van der Waals surface area contributed by atoms with Crippen molar-refractivity contribution < 1.29 is 14.4 Å². The van der Waals surface area contributed by atoms with Crippen LogP contribution in [0.1, 0.15) is 41.3 Å². The molecule has 3 aliphatic rings. The number of amides is 3. The van der Waals surface area contributed by atoms with Crippen molar-refractivity contribution in [1.82, 2.24) is 20.9 Å². The van der Waals surface area contributed by atoms with Gasteiger partial charge in [-0.15, -0.1) is 0 Å². The maximum atomic E-state index is 12.7.